The van der Waals surface area contributed by atoms with Gasteiger partial charge in [-0.05, 0) is 26.3 Å². The predicted octanol–water partition coefficient (Wildman–Crippen LogP) is 1.97. The normalized spacial score (nSPS) is 15.5. The highest BCUT2D eigenvalue weighted by atomic mass is 32.1. The molecule has 1 aliphatic rings. The van der Waals surface area contributed by atoms with Crippen LogP contribution in [-0.4, -0.2) is 48.2 Å². The van der Waals surface area contributed by atoms with Crippen LogP contribution in [0.25, 0.3) is 10.2 Å². The first-order valence-electron chi connectivity index (χ1n) is 7.45. The average Bonchev–Trinajstić information content (AvgIpc) is 2.85. The third-order valence-electron chi connectivity index (χ3n) is 3.64. The summed E-state index contributed by atoms with van der Waals surface area (Å²) < 4.78 is 5.40. The van der Waals surface area contributed by atoms with E-state index in [-0.39, 0.29) is 11.9 Å². The SMILES string of the molecule is Cc1c(C(=O)NC(C)C)sc2ncnc(N3CCOCC3)c12. The summed E-state index contributed by atoms with van der Waals surface area (Å²) in [5.74, 6) is 0.870. The zero-order valence-electron chi connectivity index (χ0n) is 13.0. The number of nitrogens with one attached hydrogen (secondary N) is 1. The van der Waals surface area contributed by atoms with Crippen LogP contribution >= 0.6 is 11.3 Å². The largest absolute Gasteiger partial charge is 0.378 e. The molecule has 1 N–H and O–H groups in total. The van der Waals surface area contributed by atoms with Crippen LogP contribution in [0.3, 0.4) is 0 Å². The van der Waals surface area contributed by atoms with Crippen molar-refractivity contribution in [2.45, 2.75) is 26.8 Å². The number of ether oxygens (including phenoxy) is 1. The third kappa shape index (κ3) is 2.78. The Labute approximate surface area is 133 Å². The maximum Gasteiger partial charge on any atom is 0.261 e. The van der Waals surface area contributed by atoms with Crippen molar-refractivity contribution in [2.24, 2.45) is 0 Å². The number of hydrogen-bond donors (Lipinski definition) is 1. The van der Waals surface area contributed by atoms with Gasteiger partial charge in [-0.15, -0.1) is 11.3 Å². The molecule has 0 radical (unpaired) electrons. The fraction of sp³-hybridized carbons (Fsp3) is 0.533. The van der Waals surface area contributed by atoms with Crippen LogP contribution in [0.15, 0.2) is 6.33 Å². The minimum absolute atomic E-state index is 0.0385. The van der Waals surface area contributed by atoms with Crippen LogP contribution < -0.4 is 10.2 Å². The van der Waals surface area contributed by atoms with Crippen molar-refractivity contribution in [2.75, 3.05) is 31.2 Å². The molecule has 7 heteroatoms. The van der Waals surface area contributed by atoms with Gasteiger partial charge in [0.15, 0.2) is 0 Å². The van der Waals surface area contributed by atoms with Gasteiger partial charge in [0.1, 0.15) is 17.0 Å². The minimum Gasteiger partial charge on any atom is -0.378 e. The number of anilines is 1. The number of amides is 1. The van der Waals surface area contributed by atoms with E-state index in [9.17, 15) is 4.79 Å². The molecule has 0 aromatic carbocycles. The molecule has 1 amide bonds. The molecule has 2 aromatic heterocycles. The molecule has 0 atom stereocenters. The molecule has 3 rings (SSSR count). The summed E-state index contributed by atoms with van der Waals surface area (Å²) in [5, 5.41) is 3.94. The van der Waals surface area contributed by atoms with Gasteiger partial charge in [-0.3, -0.25) is 4.79 Å². The Morgan fingerprint density at radius 2 is 2.09 bits per heavy atom. The number of hydrogen-bond acceptors (Lipinski definition) is 6. The lowest BCUT2D eigenvalue weighted by Gasteiger charge is -2.28. The first kappa shape index (κ1) is 15.2. The maximum absolute atomic E-state index is 12.4. The molecule has 2 aromatic rings. The molecular formula is C15H20N4O2S. The summed E-state index contributed by atoms with van der Waals surface area (Å²) in [6.07, 6.45) is 1.58. The summed E-state index contributed by atoms with van der Waals surface area (Å²) in [4.78, 5) is 24.9. The van der Waals surface area contributed by atoms with Crippen LogP contribution in [0.4, 0.5) is 5.82 Å². The Balaban J connectivity index is 2.04. The molecule has 22 heavy (non-hydrogen) atoms. The van der Waals surface area contributed by atoms with Crippen molar-refractivity contribution in [3.63, 3.8) is 0 Å². The van der Waals surface area contributed by atoms with E-state index >= 15 is 0 Å². The summed E-state index contributed by atoms with van der Waals surface area (Å²) in [5.41, 5.74) is 0.959. The summed E-state index contributed by atoms with van der Waals surface area (Å²) in [6, 6.07) is 0.113. The molecule has 6 nitrogen and oxygen atoms in total. The highest BCUT2D eigenvalue weighted by Gasteiger charge is 2.23. The summed E-state index contributed by atoms with van der Waals surface area (Å²) in [6.45, 7) is 8.93. The predicted molar refractivity (Wildman–Crippen MR) is 87.8 cm³/mol. The number of nitrogens with zero attached hydrogens (tertiary/aromatic N) is 3. The number of aryl methyl sites for hydroxylation is 1. The van der Waals surface area contributed by atoms with E-state index in [0.717, 1.165) is 39.6 Å². The van der Waals surface area contributed by atoms with Gasteiger partial charge in [0.25, 0.3) is 5.91 Å². The van der Waals surface area contributed by atoms with Crippen molar-refractivity contribution in [3.05, 3.63) is 16.8 Å². The van der Waals surface area contributed by atoms with Gasteiger partial charge in [-0.1, -0.05) is 0 Å². The molecule has 0 bridgehead atoms. The van der Waals surface area contributed by atoms with Gasteiger partial charge in [0.2, 0.25) is 0 Å². The Morgan fingerprint density at radius 1 is 1.36 bits per heavy atom. The van der Waals surface area contributed by atoms with Crippen molar-refractivity contribution in [1.82, 2.24) is 15.3 Å². The van der Waals surface area contributed by atoms with Crippen molar-refractivity contribution >= 4 is 33.3 Å². The van der Waals surface area contributed by atoms with Crippen molar-refractivity contribution in [3.8, 4) is 0 Å². The molecule has 1 aliphatic heterocycles. The number of carbonyl (C=O) groups excluding carboxylic acids is 1. The first-order chi connectivity index (χ1) is 10.6. The van der Waals surface area contributed by atoms with Crippen molar-refractivity contribution < 1.29 is 9.53 Å². The molecule has 1 fully saturated rings. The fourth-order valence-corrected chi connectivity index (χ4v) is 3.66. The van der Waals surface area contributed by atoms with Crippen LogP contribution in [-0.2, 0) is 4.74 Å². The van der Waals surface area contributed by atoms with Crippen LogP contribution in [0.1, 0.15) is 29.1 Å². The van der Waals surface area contributed by atoms with Crippen molar-refractivity contribution in [1.29, 1.82) is 0 Å². The molecule has 0 unspecified atom stereocenters. The van der Waals surface area contributed by atoms with E-state index in [1.54, 1.807) is 6.33 Å². The molecule has 0 aliphatic carbocycles. The van der Waals surface area contributed by atoms with Gasteiger partial charge < -0.3 is 15.0 Å². The lowest BCUT2D eigenvalue weighted by molar-refractivity contribution is 0.0946. The first-order valence-corrected chi connectivity index (χ1v) is 8.27. The number of rotatable bonds is 3. The number of carbonyl (C=O) groups is 1. The van der Waals surface area contributed by atoms with Gasteiger partial charge in [-0.25, -0.2) is 9.97 Å². The maximum atomic E-state index is 12.4. The van der Waals surface area contributed by atoms with Gasteiger partial charge in [-0.2, -0.15) is 0 Å². The van der Waals surface area contributed by atoms with Gasteiger partial charge in [0.05, 0.1) is 23.5 Å². The number of thiophene rings is 1. The van der Waals surface area contributed by atoms with E-state index in [0.29, 0.717) is 13.2 Å². The highest BCUT2D eigenvalue weighted by Crippen LogP contribution is 2.35. The summed E-state index contributed by atoms with van der Waals surface area (Å²) in [7, 11) is 0. The standard InChI is InChI=1S/C15H20N4O2S/c1-9(2)18-14(20)12-10(3)11-13(16-8-17-15(11)22-12)19-4-6-21-7-5-19/h8-9H,4-7H2,1-3H3,(H,18,20). The highest BCUT2D eigenvalue weighted by molar-refractivity contribution is 7.20. The van der Waals surface area contributed by atoms with Crippen LogP contribution in [0.5, 0.6) is 0 Å². The minimum atomic E-state index is -0.0385. The molecule has 0 spiro atoms. The van der Waals surface area contributed by atoms with Crippen LogP contribution in [0, 0.1) is 6.92 Å². The quantitative estimate of drug-likeness (QED) is 0.936. The zero-order valence-corrected chi connectivity index (χ0v) is 13.9. The van der Waals surface area contributed by atoms with Gasteiger partial charge >= 0.3 is 0 Å². The second kappa shape index (κ2) is 6.18. The smallest absolute Gasteiger partial charge is 0.261 e. The lowest BCUT2D eigenvalue weighted by atomic mass is 10.1. The van der Waals surface area contributed by atoms with E-state index in [1.165, 1.54) is 11.3 Å². The molecule has 0 saturated carbocycles. The van der Waals surface area contributed by atoms with E-state index in [2.05, 4.69) is 20.2 Å². The lowest BCUT2D eigenvalue weighted by Crippen LogP contribution is -2.36. The Bertz CT molecular complexity index is 692. The second-order valence-electron chi connectivity index (χ2n) is 5.66. The average molecular weight is 320 g/mol. The fourth-order valence-electron chi connectivity index (χ4n) is 2.61. The van der Waals surface area contributed by atoms with Gasteiger partial charge in [0, 0.05) is 19.1 Å². The monoisotopic (exact) mass is 320 g/mol. The Hall–Kier alpha value is -1.73. The van der Waals surface area contributed by atoms with E-state index in [4.69, 9.17) is 4.74 Å². The Kier molecular flexibility index (Phi) is 4.26. The Morgan fingerprint density at radius 3 is 2.77 bits per heavy atom. The van der Waals surface area contributed by atoms with E-state index in [1.807, 2.05) is 20.8 Å². The number of morpholine rings is 1. The molecule has 3 heterocycles. The van der Waals surface area contributed by atoms with E-state index < -0.39 is 0 Å². The third-order valence-corrected chi connectivity index (χ3v) is 4.84. The second-order valence-corrected chi connectivity index (χ2v) is 6.66. The summed E-state index contributed by atoms with van der Waals surface area (Å²) >= 11 is 1.43. The molecule has 1 saturated heterocycles. The number of fused-ring (bicyclic) bond motifs is 1. The van der Waals surface area contributed by atoms with Crippen LogP contribution in [0.2, 0.25) is 0 Å². The molecular weight excluding hydrogens is 300 g/mol. The molecule has 118 valence electrons. The zero-order chi connectivity index (χ0) is 15.7. The topological polar surface area (TPSA) is 67.4 Å². The number of aromatic nitrogens is 2.